The molecule has 3 nitrogen and oxygen atoms in total. The number of aromatic nitrogens is 1. The number of anilines is 1. The summed E-state index contributed by atoms with van der Waals surface area (Å²) >= 11 is 0. The number of nitrogens with zero attached hydrogens (tertiary/aromatic N) is 1. The van der Waals surface area contributed by atoms with Gasteiger partial charge in [0.05, 0.1) is 0 Å². The van der Waals surface area contributed by atoms with Crippen LogP contribution in [0.2, 0.25) is 0 Å². The number of alkyl halides is 3. The number of nitrogens with two attached hydrogens (primary N) is 1. The number of rotatable bonds is 1. The number of hydrogen-bond donors (Lipinski definition) is 1. The first-order valence-corrected chi connectivity index (χ1v) is 3.37. The van der Waals surface area contributed by atoms with E-state index in [1.807, 2.05) is 0 Å². The highest BCUT2D eigenvalue weighted by molar-refractivity contribution is 5.49. The summed E-state index contributed by atoms with van der Waals surface area (Å²) in [5.74, 6) is -0.507. The van der Waals surface area contributed by atoms with Crippen molar-refractivity contribution in [2.45, 2.75) is 13.3 Å². The van der Waals surface area contributed by atoms with E-state index in [1.165, 1.54) is 13.0 Å². The minimum atomic E-state index is -4.73. The predicted octanol–water partition coefficient (Wildman–Crippen LogP) is 1.87. The van der Waals surface area contributed by atoms with E-state index < -0.39 is 12.2 Å². The Morgan fingerprint density at radius 3 is 2.62 bits per heavy atom. The van der Waals surface area contributed by atoms with Crippen LogP contribution in [0.5, 0.6) is 5.88 Å². The highest BCUT2D eigenvalue weighted by atomic mass is 19.4. The van der Waals surface area contributed by atoms with Crippen molar-refractivity contribution < 1.29 is 17.9 Å². The summed E-state index contributed by atoms with van der Waals surface area (Å²) in [7, 11) is 0. The van der Waals surface area contributed by atoms with E-state index in [9.17, 15) is 13.2 Å². The highest BCUT2D eigenvalue weighted by Gasteiger charge is 2.32. The van der Waals surface area contributed by atoms with Crippen LogP contribution in [-0.2, 0) is 0 Å². The van der Waals surface area contributed by atoms with Gasteiger partial charge in [-0.15, -0.1) is 13.2 Å². The van der Waals surface area contributed by atoms with E-state index in [-0.39, 0.29) is 11.3 Å². The maximum absolute atomic E-state index is 11.8. The van der Waals surface area contributed by atoms with Gasteiger partial charge in [-0.3, -0.25) is 0 Å². The molecular weight excluding hydrogens is 185 g/mol. The normalized spacial score (nSPS) is 11.4. The first kappa shape index (κ1) is 9.63. The molecule has 6 heteroatoms. The van der Waals surface area contributed by atoms with Gasteiger partial charge in [-0.2, -0.15) is 0 Å². The van der Waals surface area contributed by atoms with Crippen LogP contribution < -0.4 is 10.5 Å². The standard InChI is InChI=1S/C7H7F3N2O/c1-4-5(11)2-3-12-6(4)13-7(8,9)10/h2-3H,1H3,(H2,11,12). The van der Waals surface area contributed by atoms with Crippen LogP contribution in [0.3, 0.4) is 0 Å². The summed E-state index contributed by atoms with van der Waals surface area (Å²) < 4.78 is 38.9. The van der Waals surface area contributed by atoms with Gasteiger partial charge in [0.2, 0.25) is 5.88 Å². The van der Waals surface area contributed by atoms with Crippen molar-refractivity contribution in [1.82, 2.24) is 4.98 Å². The summed E-state index contributed by atoms with van der Waals surface area (Å²) in [5.41, 5.74) is 5.75. The minimum absolute atomic E-state index is 0.180. The van der Waals surface area contributed by atoms with Crippen molar-refractivity contribution in [2.24, 2.45) is 0 Å². The molecule has 0 unspecified atom stereocenters. The summed E-state index contributed by atoms with van der Waals surface area (Å²) in [6, 6.07) is 1.40. The number of nitrogen functional groups attached to an aromatic ring is 1. The molecule has 1 heterocycles. The third kappa shape index (κ3) is 2.50. The fourth-order valence-electron chi connectivity index (χ4n) is 0.743. The van der Waals surface area contributed by atoms with E-state index in [1.54, 1.807) is 0 Å². The van der Waals surface area contributed by atoms with Gasteiger partial charge in [-0.05, 0) is 13.0 Å². The second-order valence-electron chi connectivity index (χ2n) is 2.38. The van der Waals surface area contributed by atoms with Crippen LogP contribution in [0.15, 0.2) is 12.3 Å². The van der Waals surface area contributed by atoms with Gasteiger partial charge in [-0.1, -0.05) is 0 Å². The van der Waals surface area contributed by atoms with Crippen molar-refractivity contribution in [3.63, 3.8) is 0 Å². The molecule has 0 radical (unpaired) electrons. The van der Waals surface area contributed by atoms with Gasteiger partial charge in [-0.25, -0.2) is 4.98 Å². The van der Waals surface area contributed by atoms with Crippen molar-refractivity contribution >= 4 is 5.69 Å². The maximum atomic E-state index is 11.8. The lowest BCUT2D eigenvalue weighted by molar-refractivity contribution is -0.276. The van der Waals surface area contributed by atoms with Crippen molar-refractivity contribution in [3.05, 3.63) is 17.8 Å². The zero-order chi connectivity index (χ0) is 10.1. The average molecular weight is 192 g/mol. The van der Waals surface area contributed by atoms with Gasteiger partial charge < -0.3 is 10.5 Å². The Labute approximate surface area is 72.3 Å². The monoisotopic (exact) mass is 192 g/mol. The molecule has 72 valence electrons. The summed E-state index contributed by atoms with van der Waals surface area (Å²) in [6.45, 7) is 1.41. The van der Waals surface area contributed by atoms with Gasteiger partial charge in [0.15, 0.2) is 0 Å². The third-order valence-electron chi connectivity index (χ3n) is 1.41. The lowest BCUT2D eigenvalue weighted by atomic mass is 10.2. The Morgan fingerprint density at radius 1 is 1.46 bits per heavy atom. The first-order valence-electron chi connectivity index (χ1n) is 3.37. The molecule has 0 spiro atoms. The highest BCUT2D eigenvalue weighted by Crippen LogP contribution is 2.26. The lowest BCUT2D eigenvalue weighted by Gasteiger charge is -2.10. The number of ether oxygens (including phenoxy) is 1. The Bertz CT molecular complexity index is 311. The van der Waals surface area contributed by atoms with E-state index in [0.29, 0.717) is 0 Å². The fraction of sp³-hybridized carbons (Fsp3) is 0.286. The van der Waals surface area contributed by atoms with E-state index in [4.69, 9.17) is 5.73 Å². The molecule has 0 atom stereocenters. The summed E-state index contributed by atoms with van der Waals surface area (Å²) in [5, 5.41) is 0. The third-order valence-corrected chi connectivity index (χ3v) is 1.41. The second kappa shape index (κ2) is 3.12. The van der Waals surface area contributed by atoms with Crippen molar-refractivity contribution in [3.8, 4) is 5.88 Å². The molecule has 0 fully saturated rings. The molecule has 13 heavy (non-hydrogen) atoms. The SMILES string of the molecule is Cc1c(N)ccnc1OC(F)(F)F. The predicted molar refractivity (Wildman–Crippen MR) is 40.1 cm³/mol. The van der Waals surface area contributed by atoms with Crippen molar-refractivity contribution in [1.29, 1.82) is 0 Å². The van der Waals surface area contributed by atoms with Crippen LogP contribution in [0.4, 0.5) is 18.9 Å². The molecule has 2 N–H and O–H groups in total. The van der Waals surface area contributed by atoms with E-state index in [2.05, 4.69) is 9.72 Å². The molecule has 1 rings (SSSR count). The molecule has 0 aromatic carbocycles. The van der Waals surface area contributed by atoms with Gasteiger partial charge in [0, 0.05) is 17.4 Å². The summed E-state index contributed by atoms with van der Waals surface area (Å²) in [6.07, 6.45) is -3.57. The second-order valence-corrected chi connectivity index (χ2v) is 2.38. The first-order chi connectivity index (χ1) is 5.90. The maximum Gasteiger partial charge on any atom is 0.574 e. The van der Waals surface area contributed by atoms with Crippen LogP contribution in [0.25, 0.3) is 0 Å². The molecule has 0 saturated carbocycles. The minimum Gasteiger partial charge on any atom is -0.398 e. The molecule has 0 aliphatic rings. The Kier molecular flexibility index (Phi) is 2.31. The van der Waals surface area contributed by atoms with Crippen LogP contribution in [0.1, 0.15) is 5.56 Å². The molecule has 1 aromatic rings. The molecule has 1 aromatic heterocycles. The van der Waals surface area contributed by atoms with Gasteiger partial charge >= 0.3 is 6.36 Å². The van der Waals surface area contributed by atoms with Gasteiger partial charge in [0.1, 0.15) is 0 Å². The molecular formula is C7H7F3N2O. The molecule has 0 aliphatic heterocycles. The van der Waals surface area contributed by atoms with Crippen LogP contribution in [-0.4, -0.2) is 11.3 Å². The molecule has 0 bridgehead atoms. The zero-order valence-corrected chi connectivity index (χ0v) is 6.72. The zero-order valence-electron chi connectivity index (χ0n) is 6.72. The lowest BCUT2D eigenvalue weighted by Crippen LogP contribution is -2.18. The topological polar surface area (TPSA) is 48.1 Å². The van der Waals surface area contributed by atoms with Crippen LogP contribution >= 0.6 is 0 Å². The van der Waals surface area contributed by atoms with Crippen LogP contribution in [0, 0.1) is 6.92 Å². The van der Waals surface area contributed by atoms with E-state index in [0.717, 1.165) is 6.20 Å². The molecule has 0 amide bonds. The fourth-order valence-corrected chi connectivity index (χ4v) is 0.743. The Morgan fingerprint density at radius 2 is 2.08 bits per heavy atom. The molecule has 0 saturated heterocycles. The largest absolute Gasteiger partial charge is 0.574 e. The van der Waals surface area contributed by atoms with E-state index >= 15 is 0 Å². The Balaban J connectivity index is 2.96. The van der Waals surface area contributed by atoms with Crippen molar-refractivity contribution in [2.75, 3.05) is 5.73 Å². The Hall–Kier alpha value is -1.46. The average Bonchev–Trinajstić information content (AvgIpc) is 1.96. The smallest absolute Gasteiger partial charge is 0.398 e. The molecule has 0 aliphatic carbocycles. The number of halogens is 3. The quantitative estimate of drug-likeness (QED) is 0.738. The van der Waals surface area contributed by atoms with Gasteiger partial charge in [0.25, 0.3) is 0 Å². The number of hydrogen-bond acceptors (Lipinski definition) is 3. The number of pyridine rings is 1. The summed E-state index contributed by atoms with van der Waals surface area (Å²) in [4.78, 5) is 3.40.